The molecular formula is C27H49NO2. The lowest BCUT2D eigenvalue weighted by atomic mass is 9.89. The molecule has 0 aliphatic heterocycles. The van der Waals surface area contributed by atoms with Crippen LogP contribution in [-0.2, 0) is 0 Å². The van der Waals surface area contributed by atoms with Crippen molar-refractivity contribution in [2.45, 2.75) is 123 Å². The average Bonchev–Trinajstić information content (AvgIpc) is 3.37. The van der Waals surface area contributed by atoms with Gasteiger partial charge in [-0.2, -0.15) is 0 Å². The van der Waals surface area contributed by atoms with E-state index in [0.29, 0.717) is 29.8 Å². The van der Waals surface area contributed by atoms with Gasteiger partial charge in [-0.1, -0.05) is 84.1 Å². The van der Waals surface area contributed by atoms with E-state index in [1.165, 1.54) is 44.9 Å². The van der Waals surface area contributed by atoms with Crippen molar-refractivity contribution in [3.05, 3.63) is 23.8 Å². The molecule has 0 radical (unpaired) electrons. The molecule has 3 N–H and O–H groups in total. The van der Waals surface area contributed by atoms with Crippen molar-refractivity contribution in [2.75, 3.05) is 0 Å². The largest absolute Gasteiger partial charge is 0.392 e. The molecule has 3 heteroatoms. The average molecular weight is 420 g/mol. The summed E-state index contributed by atoms with van der Waals surface area (Å²) in [5.41, 5.74) is 1.62. The number of allylic oxidation sites excluding steroid dienone is 2. The number of fused-ring (bicyclic) bond motifs is 1. The Balaban J connectivity index is 0.000000396. The van der Waals surface area contributed by atoms with Crippen LogP contribution in [0.15, 0.2) is 23.8 Å². The molecule has 3 nitrogen and oxygen atoms in total. The Bertz CT molecular complexity index is 527. The highest BCUT2D eigenvalue weighted by atomic mass is 16.3. The van der Waals surface area contributed by atoms with Crippen LogP contribution in [0.1, 0.15) is 98.8 Å². The molecule has 174 valence electrons. The monoisotopic (exact) mass is 419 g/mol. The summed E-state index contributed by atoms with van der Waals surface area (Å²) < 4.78 is 0. The van der Waals surface area contributed by atoms with Crippen LogP contribution in [0.4, 0.5) is 0 Å². The van der Waals surface area contributed by atoms with Crippen LogP contribution in [0, 0.1) is 23.7 Å². The molecule has 5 atom stereocenters. The van der Waals surface area contributed by atoms with Gasteiger partial charge in [0, 0.05) is 18.0 Å². The van der Waals surface area contributed by atoms with Crippen molar-refractivity contribution < 1.29 is 10.2 Å². The van der Waals surface area contributed by atoms with Crippen molar-refractivity contribution >= 4 is 0 Å². The molecule has 0 aromatic rings. The molecule has 30 heavy (non-hydrogen) atoms. The van der Waals surface area contributed by atoms with Crippen LogP contribution in [-0.4, -0.2) is 34.5 Å². The van der Waals surface area contributed by atoms with Gasteiger partial charge in [0.2, 0.25) is 0 Å². The van der Waals surface area contributed by atoms with Gasteiger partial charge in [-0.3, -0.25) is 0 Å². The van der Waals surface area contributed by atoms with E-state index in [4.69, 9.17) is 0 Å². The zero-order valence-corrected chi connectivity index (χ0v) is 20.3. The van der Waals surface area contributed by atoms with E-state index in [1.54, 1.807) is 5.57 Å². The molecule has 0 bridgehead atoms. The van der Waals surface area contributed by atoms with E-state index in [9.17, 15) is 10.2 Å². The quantitative estimate of drug-likeness (QED) is 0.333. The number of unbranched alkanes of at least 4 members (excludes halogenated alkanes) is 2. The normalized spacial score (nSPS) is 31.7. The van der Waals surface area contributed by atoms with Gasteiger partial charge in [-0.05, 0) is 56.3 Å². The summed E-state index contributed by atoms with van der Waals surface area (Å²) in [6.07, 6.45) is 18.1. The predicted molar refractivity (Wildman–Crippen MR) is 128 cm³/mol. The summed E-state index contributed by atoms with van der Waals surface area (Å²) in [6.45, 7) is 10.9. The summed E-state index contributed by atoms with van der Waals surface area (Å²) in [5.74, 6) is 1.97. The second kappa shape index (κ2) is 13.0. The molecule has 3 aliphatic rings. The van der Waals surface area contributed by atoms with Crippen LogP contribution in [0.3, 0.4) is 0 Å². The summed E-state index contributed by atoms with van der Waals surface area (Å²) >= 11 is 0. The standard InChI is InChI=1S/C21H34O2.C6H15N/c1-2-3-4-7-15-12-17-14-21(23)18(19(17)13-15)10-11-20(22)16-8-5-6-9-16;1-5(2)7-6(3)4/h7,10-11,16-23H,2-6,8-9,12-14H2,1H3;5-7H,1-4H3/t17-,18+,19-,20+,21+;/m0./s1. The Kier molecular flexibility index (Phi) is 11.1. The first kappa shape index (κ1) is 25.6. The summed E-state index contributed by atoms with van der Waals surface area (Å²) in [5, 5.41) is 24.1. The van der Waals surface area contributed by atoms with Crippen LogP contribution < -0.4 is 5.32 Å². The molecule has 0 heterocycles. The minimum atomic E-state index is -0.301. The first-order valence-corrected chi connectivity index (χ1v) is 12.8. The Morgan fingerprint density at radius 2 is 1.73 bits per heavy atom. The number of aliphatic hydroxyl groups is 2. The van der Waals surface area contributed by atoms with Crippen LogP contribution in [0.5, 0.6) is 0 Å². The molecule has 3 rings (SSSR count). The topological polar surface area (TPSA) is 52.5 Å². The molecule has 0 amide bonds. The van der Waals surface area contributed by atoms with Crippen molar-refractivity contribution in [1.82, 2.24) is 5.32 Å². The number of rotatable bonds is 8. The summed E-state index contributed by atoms with van der Waals surface area (Å²) in [6, 6.07) is 1.25. The molecule has 0 spiro atoms. The lowest BCUT2D eigenvalue weighted by Gasteiger charge is -2.19. The van der Waals surface area contributed by atoms with E-state index in [0.717, 1.165) is 19.3 Å². The fraction of sp³-hybridized carbons (Fsp3) is 0.852. The first-order valence-electron chi connectivity index (χ1n) is 12.8. The van der Waals surface area contributed by atoms with Gasteiger partial charge in [0.1, 0.15) is 0 Å². The Labute approximate surface area is 186 Å². The second-order valence-electron chi connectivity index (χ2n) is 10.6. The van der Waals surface area contributed by atoms with Gasteiger partial charge in [-0.15, -0.1) is 0 Å². The van der Waals surface area contributed by atoms with Crippen LogP contribution >= 0.6 is 0 Å². The van der Waals surface area contributed by atoms with Crippen molar-refractivity contribution in [2.24, 2.45) is 23.7 Å². The van der Waals surface area contributed by atoms with Gasteiger partial charge in [0.15, 0.2) is 0 Å². The minimum absolute atomic E-state index is 0.200. The van der Waals surface area contributed by atoms with Gasteiger partial charge in [-0.25, -0.2) is 0 Å². The third-order valence-corrected chi connectivity index (χ3v) is 7.18. The van der Waals surface area contributed by atoms with Crippen LogP contribution in [0.2, 0.25) is 0 Å². The highest BCUT2D eigenvalue weighted by Gasteiger charge is 2.45. The molecule has 0 aromatic carbocycles. The van der Waals surface area contributed by atoms with Gasteiger partial charge in [0.05, 0.1) is 12.2 Å². The van der Waals surface area contributed by atoms with Crippen molar-refractivity contribution in [3.8, 4) is 0 Å². The maximum absolute atomic E-state index is 10.4. The minimum Gasteiger partial charge on any atom is -0.392 e. The molecule has 0 aromatic heterocycles. The predicted octanol–water partition coefficient (Wildman–Crippen LogP) is 6.01. The SMILES string of the molecule is CC(C)NC(C)C.CCCCC=C1C[C@H]2C[C@@H](O)[C@H](C=C[C@@H](O)C3CCCC3)[C@H]2C1. The molecule has 3 fully saturated rings. The van der Waals surface area contributed by atoms with Crippen molar-refractivity contribution in [3.63, 3.8) is 0 Å². The Hall–Kier alpha value is -0.640. The smallest absolute Gasteiger partial charge is 0.0749 e. The fourth-order valence-electron chi connectivity index (χ4n) is 5.81. The summed E-state index contributed by atoms with van der Waals surface area (Å²) in [4.78, 5) is 0. The third kappa shape index (κ3) is 8.13. The van der Waals surface area contributed by atoms with Gasteiger partial charge >= 0.3 is 0 Å². The Morgan fingerprint density at radius 1 is 1.07 bits per heavy atom. The van der Waals surface area contributed by atoms with Gasteiger partial charge in [0.25, 0.3) is 0 Å². The lowest BCUT2D eigenvalue weighted by Crippen LogP contribution is -2.29. The maximum atomic E-state index is 10.4. The van der Waals surface area contributed by atoms with E-state index in [-0.39, 0.29) is 18.1 Å². The number of nitrogens with one attached hydrogen (secondary N) is 1. The van der Waals surface area contributed by atoms with Crippen LogP contribution in [0.25, 0.3) is 0 Å². The number of aliphatic hydroxyl groups excluding tert-OH is 2. The highest BCUT2D eigenvalue weighted by Crippen LogP contribution is 2.50. The number of hydrogen-bond acceptors (Lipinski definition) is 3. The van der Waals surface area contributed by atoms with E-state index in [1.807, 2.05) is 6.08 Å². The highest BCUT2D eigenvalue weighted by molar-refractivity contribution is 5.18. The zero-order valence-electron chi connectivity index (χ0n) is 20.3. The Morgan fingerprint density at radius 3 is 2.30 bits per heavy atom. The summed E-state index contributed by atoms with van der Waals surface area (Å²) in [7, 11) is 0. The third-order valence-electron chi connectivity index (χ3n) is 7.18. The fourth-order valence-corrected chi connectivity index (χ4v) is 5.81. The van der Waals surface area contributed by atoms with Crippen molar-refractivity contribution in [1.29, 1.82) is 0 Å². The molecule has 3 aliphatic carbocycles. The zero-order chi connectivity index (χ0) is 22.1. The lowest BCUT2D eigenvalue weighted by molar-refractivity contribution is 0.135. The number of hydrogen-bond donors (Lipinski definition) is 3. The molecule has 0 unspecified atom stereocenters. The van der Waals surface area contributed by atoms with E-state index >= 15 is 0 Å². The first-order chi connectivity index (χ1) is 14.3. The maximum Gasteiger partial charge on any atom is 0.0749 e. The second-order valence-corrected chi connectivity index (χ2v) is 10.6. The van der Waals surface area contributed by atoms with E-state index in [2.05, 4.69) is 52.1 Å². The van der Waals surface area contributed by atoms with Gasteiger partial charge < -0.3 is 15.5 Å². The molecule has 3 saturated carbocycles. The van der Waals surface area contributed by atoms with E-state index < -0.39 is 0 Å². The molecule has 0 saturated heterocycles. The molecular weight excluding hydrogens is 370 g/mol.